The first-order valence-electron chi connectivity index (χ1n) is 8.46. The molecule has 0 bridgehead atoms. The van der Waals surface area contributed by atoms with Gasteiger partial charge in [0.2, 0.25) is 5.91 Å². The molecule has 134 valence electrons. The van der Waals surface area contributed by atoms with Crippen LogP contribution < -0.4 is 11.1 Å². The Labute approximate surface area is 154 Å². The van der Waals surface area contributed by atoms with Crippen LogP contribution in [0.5, 0.6) is 0 Å². The summed E-state index contributed by atoms with van der Waals surface area (Å²) in [6, 6.07) is 20.1. The van der Waals surface area contributed by atoms with Crippen LogP contribution in [-0.2, 0) is 4.79 Å². The third kappa shape index (κ3) is 4.82. The third-order valence-electron chi connectivity index (χ3n) is 4.83. The van der Waals surface area contributed by atoms with Crippen LogP contribution in [0.15, 0.2) is 60.7 Å². The molecule has 2 aromatic carbocycles. The highest BCUT2D eigenvalue weighted by atomic mass is 35.5. The number of benzene rings is 2. The van der Waals surface area contributed by atoms with E-state index in [1.807, 2.05) is 36.4 Å². The monoisotopic (exact) mass is 360 g/mol. The number of hydrogen-bond acceptors (Lipinski definition) is 3. The Hall–Kier alpha value is -1.88. The molecule has 0 radical (unpaired) electrons. The van der Waals surface area contributed by atoms with Gasteiger partial charge >= 0.3 is 0 Å². The van der Waals surface area contributed by atoms with Crippen LogP contribution in [0, 0.1) is 5.92 Å². The maximum atomic E-state index is 12.4. The van der Waals surface area contributed by atoms with Gasteiger partial charge in [-0.15, -0.1) is 12.4 Å². The number of amides is 1. The summed E-state index contributed by atoms with van der Waals surface area (Å²) < 4.78 is 0. The lowest BCUT2D eigenvalue weighted by atomic mass is 9.91. The molecule has 2 aromatic rings. The summed E-state index contributed by atoms with van der Waals surface area (Å²) in [6.45, 7) is 0.536. The second-order valence-electron chi connectivity index (χ2n) is 6.52. The molecule has 25 heavy (non-hydrogen) atoms. The number of rotatable bonds is 5. The van der Waals surface area contributed by atoms with Crippen molar-refractivity contribution < 1.29 is 9.90 Å². The third-order valence-corrected chi connectivity index (χ3v) is 4.83. The number of aliphatic hydroxyl groups is 1. The molecule has 0 aromatic heterocycles. The van der Waals surface area contributed by atoms with Gasteiger partial charge in [0.25, 0.3) is 0 Å². The number of nitrogens with two attached hydrogens (primary N) is 1. The lowest BCUT2D eigenvalue weighted by Gasteiger charge is -2.20. The molecule has 1 saturated carbocycles. The largest absolute Gasteiger partial charge is 0.391 e. The zero-order chi connectivity index (χ0) is 16.9. The molecule has 3 atom stereocenters. The zero-order valence-corrected chi connectivity index (χ0v) is 14.9. The van der Waals surface area contributed by atoms with Crippen molar-refractivity contribution >= 4 is 18.3 Å². The summed E-state index contributed by atoms with van der Waals surface area (Å²) in [5, 5.41) is 12.8. The highest BCUT2D eigenvalue weighted by molar-refractivity contribution is 5.85. The molecule has 5 heteroatoms. The van der Waals surface area contributed by atoms with Gasteiger partial charge in [0.1, 0.15) is 0 Å². The lowest BCUT2D eigenvalue weighted by Crippen LogP contribution is -2.33. The summed E-state index contributed by atoms with van der Waals surface area (Å²) in [4.78, 5) is 12.4. The van der Waals surface area contributed by atoms with Crippen molar-refractivity contribution in [3.8, 4) is 0 Å². The minimum Gasteiger partial charge on any atom is -0.391 e. The van der Waals surface area contributed by atoms with Crippen LogP contribution >= 0.6 is 12.4 Å². The molecule has 4 N–H and O–H groups in total. The molecule has 1 aliphatic rings. The molecule has 0 saturated heterocycles. The second kappa shape index (κ2) is 8.99. The van der Waals surface area contributed by atoms with Gasteiger partial charge in [-0.05, 0) is 24.0 Å². The molecule has 0 unspecified atom stereocenters. The van der Waals surface area contributed by atoms with Gasteiger partial charge in [0.15, 0.2) is 0 Å². The fourth-order valence-electron chi connectivity index (χ4n) is 3.41. The standard InChI is InChI=1S/C20H24N2O2.ClH/c21-18-11-16(12-19(18)23)20(24)22-13-17(14-7-3-1-4-8-14)15-9-5-2-6-10-15;/h1-10,16-19,23H,11-13,21H2,(H,22,24);1H/t16-,18-,19-;/m0./s1. The van der Waals surface area contributed by atoms with Crippen molar-refractivity contribution in [3.05, 3.63) is 71.8 Å². The number of carbonyl (C=O) groups is 1. The van der Waals surface area contributed by atoms with Crippen LogP contribution in [0.2, 0.25) is 0 Å². The highest BCUT2D eigenvalue weighted by Crippen LogP contribution is 2.26. The fourth-order valence-corrected chi connectivity index (χ4v) is 3.41. The van der Waals surface area contributed by atoms with Crippen LogP contribution in [0.3, 0.4) is 0 Å². The molecule has 1 aliphatic carbocycles. The number of nitrogens with one attached hydrogen (secondary N) is 1. The maximum Gasteiger partial charge on any atom is 0.223 e. The quantitative estimate of drug-likeness (QED) is 0.766. The Morgan fingerprint density at radius 1 is 1.04 bits per heavy atom. The summed E-state index contributed by atoms with van der Waals surface area (Å²) >= 11 is 0. The lowest BCUT2D eigenvalue weighted by molar-refractivity contribution is -0.125. The molecule has 1 amide bonds. The van der Waals surface area contributed by atoms with Gasteiger partial charge in [-0.25, -0.2) is 0 Å². The van der Waals surface area contributed by atoms with Crippen molar-refractivity contribution in [2.45, 2.75) is 30.9 Å². The summed E-state index contributed by atoms with van der Waals surface area (Å²) in [5.74, 6) is -0.0996. The van der Waals surface area contributed by atoms with E-state index in [0.717, 1.165) is 0 Å². The summed E-state index contributed by atoms with van der Waals surface area (Å²) in [7, 11) is 0. The molecule has 3 rings (SSSR count). The Morgan fingerprint density at radius 2 is 1.56 bits per heavy atom. The topological polar surface area (TPSA) is 75.4 Å². The zero-order valence-electron chi connectivity index (χ0n) is 14.0. The fraction of sp³-hybridized carbons (Fsp3) is 0.350. The van der Waals surface area contributed by atoms with Crippen LogP contribution in [0.25, 0.3) is 0 Å². The molecule has 0 spiro atoms. The Balaban J connectivity index is 0.00000225. The maximum absolute atomic E-state index is 12.4. The van der Waals surface area contributed by atoms with E-state index in [1.54, 1.807) is 0 Å². The van der Waals surface area contributed by atoms with E-state index < -0.39 is 6.10 Å². The molecule has 0 aliphatic heterocycles. The Morgan fingerprint density at radius 3 is 2.00 bits per heavy atom. The van der Waals surface area contributed by atoms with E-state index in [2.05, 4.69) is 29.6 Å². The van der Waals surface area contributed by atoms with Crippen molar-refractivity contribution in [1.82, 2.24) is 5.32 Å². The van der Waals surface area contributed by atoms with E-state index in [-0.39, 0.29) is 36.2 Å². The van der Waals surface area contributed by atoms with Crippen molar-refractivity contribution in [3.63, 3.8) is 0 Å². The predicted molar refractivity (Wildman–Crippen MR) is 102 cm³/mol. The first-order valence-corrected chi connectivity index (χ1v) is 8.46. The number of hydrogen-bond donors (Lipinski definition) is 3. The molecular weight excluding hydrogens is 336 g/mol. The van der Waals surface area contributed by atoms with E-state index in [4.69, 9.17) is 5.73 Å². The summed E-state index contributed by atoms with van der Waals surface area (Å²) in [6.07, 6.45) is 0.433. The molecule has 1 fully saturated rings. The minimum atomic E-state index is -0.570. The average molecular weight is 361 g/mol. The van der Waals surface area contributed by atoms with Gasteiger partial charge in [-0.1, -0.05) is 60.7 Å². The Kier molecular flexibility index (Phi) is 7.00. The smallest absolute Gasteiger partial charge is 0.223 e. The SMILES string of the molecule is Cl.N[C@H]1C[C@H](C(=O)NCC(c2ccccc2)c2ccccc2)C[C@@H]1O. The average Bonchev–Trinajstić information content (AvgIpc) is 2.96. The minimum absolute atomic E-state index is 0. The first-order chi connectivity index (χ1) is 11.6. The van der Waals surface area contributed by atoms with E-state index in [1.165, 1.54) is 11.1 Å². The van der Waals surface area contributed by atoms with Gasteiger partial charge in [-0.3, -0.25) is 4.79 Å². The normalized spacial score (nSPS) is 22.4. The molecular formula is C20H25ClN2O2. The Bertz CT molecular complexity index is 616. The van der Waals surface area contributed by atoms with E-state index in [9.17, 15) is 9.90 Å². The van der Waals surface area contributed by atoms with Crippen molar-refractivity contribution in [2.75, 3.05) is 6.54 Å². The van der Waals surface area contributed by atoms with Crippen LogP contribution in [0.1, 0.15) is 29.9 Å². The first kappa shape index (κ1) is 19.4. The van der Waals surface area contributed by atoms with E-state index in [0.29, 0.717) is 19.4 Å². The molecule has 0 heterocycles. The van der Waals surface area contributed by atoms with Crippen molar-refractivity contribution in [1.29, 1.82) is 0 Å². The van der Waals surface area contributed by atoms with Gasteiger partial charge < -0.3 is 16.2 Å². The highest BCUT2D eigenvalue weighted by Gasteiger charge is 2.34. The summed E-state index contributed by atoms with van der Waals surface area (Å²) in [5.41, 5.74) is 8.16. The van der Waals surface area contributed by atoms with Crippen molar-refractivity contribution in [2.24, 2.45) is 11.7 Å². The predicted octanol–water partition coefficient (Wildman–Crippen LogP) is 2.45. The van der Waals surface area contributed by atoms with E-state index >= 15 is 0 Å². The van der Waals surface area contributed by atoms with Crippen LogP contribution in [-0.4, -0.2) is 29.7 Å². The van der Waals surface area contributed by atoms with Gasteiger partial charge in [-0.2, -0.15) is 0 Å². The number of halogens is 1. The second-order valence-corrected chi connectivity index (χ2v) is 6.52. The number of carbonyl (C=O) groups excluding carboxylic acids is 1. The number of aliphatic hydroxyl groups excluding tert-OH is 1. The van der Waals surface area contributed by atoms with Gasteiger partial charge in [0.05, 0.1) is 6.10 Å². The molecule has 4 nitrogen and oxygen atoms in total. The van der Waals surface area contributed by atoms with Crippen LogP contribution in [0.4, 0.5) is 0 Å². The van der Waals surface area contributed by atoms with Gasteiger partial charge in [0, 0.05) is 24.4 Å².